The second-order valence-corrected chi connectivity index (χ2v) is 7.15. The van der Waals surface area contributed by atoms with Crippen LogP contribution in [-0.4, -0.2) is 42.5 Å². The first-order valence-electron chi connectivity index (χ1n) is 10.0. The molecule has 9 nitrogen and oxygen atoms in total. The smallest absolute Gasteiger partial charge is 0.252 e. The second-order valence-electron chi connectivity index (χ2n) is 7.15. The zero-order chi connectivity index (χ0) is 21.3. The van der Waals surface area contributed by atoms with Crippen LogP contribution in [0.1, 0.15) is 36.0 Å². The Balaban J connectivity index is 1.81. The first-order valence-corrected chi connectivity index (χ1v) is 10.0. The van der Waals surface area contributed by atoms with Crippen molar-refractivity contribution in [3.8, 4) is 0 Å². The SMILES string of the molecule is CNC1CCCCC1Nc1ccc(C(N)=O)c(Nc2cccc(N/N=C\C=N)c2)n1. The van der Waals surface area contributed by atoms with Gasteiger partial charge in [-0.05, 0) is 50.2 Å². The molecule has 1 heterocycles. The number of nitrogens with two attached hydrogens (primary N) is 1. The normalized spacial score (nSPS) is 18.7. The lowest BCUT2D eigenvalue weighted by atomic mass is 9.90. The van der Waals surface area contributed by atoms with Gasteiger partial charge in [0.05, 0.1) is 17.5 Å². The van der Waals surface area contributed by atoms with E-state index in [-0.39, 0.29) is 6.04 Å². The Morgan fingerprint density at radius 3 is 2.70 bits per heavy atom. The number of primary amides is 1. The number of hydrogen-bond donors (Lipinski definition) is 6. The molecule has 0 radical (unpaired) electrons. The Morgan fingerprint density at radius 2 is 1.97 bits per heavy atom. The third-order valence-electron chi connectivity index (χ3n) is 5.10. The van der Waals surface area contributed by atoms with E-state index in [1.165, 1.54) is 19.1 Å². The van der Waals surface area contributed by atoms with Gasteiger partial charge in [-0.25, -0.2) is 4.98 Å². The van der Waals surface area contributed by atoms with E-state index in [0.717, 1.165) is 30.4 Å². The lowest BCUT2D eigenvalue weighted by Gasteiger charge is -2.32. The van der Waals surface area contributed by atoms with Crippen molar-refractivity contribution in [1.29, 1.82) is 5.41 Å². The number of anilines is 4. The number of amides is 1. The number of pyridine rings is 1. The Hall–Kier alpha value is -3.46. The molecular formula is C21H28N8O. The highest BCUT2D eigenvalue weighted by Gasteiger charge is 2.24. The van der Waals surface area contributed by atoms with Crippen LogP contribution in [0.2, 0.25) is 0 Å². The number of carbonyl (C=O) groups excluding carboxylic acids is 1. The molecule has 0 saturated heterocycles. The van der Waals surface area contributed by atoms with E-state index in [1.807, 2.05) is 31.3 Å². The van der Waals surface area contributed by atoms with Gasteiger partial charge >= 0.3 is 0 Å². The minimum absolute atomic E-state index is 0.280. The molecule has 9 heteroatoms. The molecule has 7 N–H and O–H groups in total. The highest BCUT2D eigenvalue weighted by Crippen LogP contribution is 2.26. The Kier molecular flexibility index (Phi) is 7.34. The number of rotatable bonds is 9. The minimum atomic E-state index is -0.549. The molecule has 2 unspecified atom stereocenters. The summed E-state index contributed by atoms with van der Waals surface area (Å²) < 4.78 is 0. The van der Waals surface area contributed by atoms with Gasteiger partial charge in [-0.1, -0.05) is 18.9 Å². The molecule has 2 atom stereocenters. The van der Waals surface area contributed by atoms with E-state index in [0.29, 0.717) is 23.2 Å². The second kappa shape index (κ2) is 10.4. The maximum atomic E-state index is 11.9. The summed E-state index contributed by atoms with van der Waals surface area (Å²) in [6.07, 6.45) is 7.02. The van der Waals surface area contributed by atoms with Crippen LogP contribution in [0.3, 0.4) is 0 Å². The molecule has 158 valence electrons. The van der Waals surface area contributed by atoms with Crippen molar-refractivity contribution in [3.05, 3.63) is 42.0 Å². The monoisotopic (exact) mass is 408 g/mol. The minimum Gasteiger partial charge on any atom is -0.366 e. The highest BCUT2D eigenvalue weighted by atomic mass is 16.1. The standard InChI is InChI=1S/C21H28N8O/c1-24-17-7-2-3-8-18(17)27-19-10-9-16(20(23)30)21(28-19)26-14-5-4-6-15(13-14)29-25-12-11-22/h4-6,9-13,17-18,22,24,29H,2-3,7-8H2,1H3,(H2,23,30)(H2,26,27,28)/b22-11?,25-12-. The van der Waals surface area contributed by atoms with E-state index in [1.54, 1.807) is 12.1 Å². The third kappa shape index (κ3) is 5.54. The Bertz CT molecular complexity index is 914. The molecule has 30 heavy (non-hydrogen) atoms. The average Bonchev–Trinajstić information content (AvgIpc) is 2.74. The maximum absolute atomic E-state index is 11.9. The van der Waals surface area contributed by atoms with Gasteiger partial charge in [0.25, 0.3) is 5.91 Å². The summed E-state index contributed by atoms with van der Waals surface area (Å²) in [5.41, 5.74) is 10.2. The summed E-state index contributed by atoms with van der Waals surface area (Å²) >= 11 is 0. The molecule has 1 saturated carbocycles. The van der Waals surface area contributed by atoms with Crippen LogP contribution in [0.4, 0.5) is 23.0 Å². The van der Waals surface area contributed by atoms with Gasteiger partial charge in [0, 0.05) is 24.0 Å². The quantitative estimate of drug-likeness (QED) is 0.278. The Morgan fingerprint density at radius 1 is 1.20 bits per heavy atom. The first kappa shape index (κ1) is 21.3. The summed E-state index contributed by atoms with van der Waals surface area (Å²) in [6, 6.07) is 11.5. The van der Waals surface area contributed by atoms with Crippen LogP contribution in [0.15, 0.2) is 41.5 Å². The fourth-order valence-electron chi connectivity index (χ4n) is 3.63. The molecule has 1 aromatic carbocycles. The zero-order valence-electron chi connectivity index (χ0n) is 17.0. The van der Waals surface area contributed by atoms with Gasteiger partial charge in [0.1, 0.15) is 11.6 Å². The molecule has 1 aromatic heterocycles. The predicted octanol–water partition coefficient (Wildman–Crippen LogP) is 2.91. The zero-order valence-corrected chi connectivity index (χ0v) is 17.0. The number of hydrogen-bond acceptors (Lipinski definition) is 8. The summed E-state index contributed by atoms with van der Waals surface area (Å²) in [7, 11) is 1.98. The molecule has 0 bridgehead atoms. The van der Waals surface area contributed by atoms with Crippen molar-refractivity contribution in [1.82, 2.24) is 10.3 Å². The van der Waals surface area contributed by atoms with Crippen LogP contribution in [0.25, 0.3) is 0 Å². The topological polar surface area (TPSA) is 140 Å². The van der Waals surface area contributed by atoms with E-state index >= 15 is 0 Å². The number of nitrogens with one attached hydrogen (secondary N) is 5. The number of carbonyl (C=O) groups is 1. The molecule has 2 aromatic rings. The van der Waals surface area contributed by atoms with Crippen molar-refractivity contribution in [2.75, 3.05) is 23.1 Å². The van der Waals surface area contributed by atoms with Crippen LogP contribution in [0, 0.1) is 5.41 Å². The van der Waals surface area contributed by atoms with Crippen molar-refractivity contribution >= 4 is 41.3 Å². The molecule has 0 aliphatic heterocycles. The van der Waals surface area contributed by atoms with E-state index in [2.05, 4.69) is 31.5 Å². The number of nitrogens with zero attached hydrogens (tertiary/aromatic N) is 2. The summed E-state index contributed by atoms with van der Waals surface area (Å²) in [5, 5.41) is 20.9. The predicted molar refractivity (Wildman–Crippen MR) is 122 cm³/mol. The molecule has 1 fully saturated rings. The maximum Gasteiger partial charge on any atom is 0.252 e. The molecule has 1 aliphatic rings. The van der Waals surface area contributed by atoms with Gasteiger partial charge in [-0.3, -0.25) is 10.2 Å². The largest absolute Gasteiger partial charge is 0.366 e. The van der Waals surface area contributed by atoms with Gasteiger partial charge in [0.15, 0.2) is 0 Å². The van der Waals surface area contributed by atoms with Crippen molar-refractivity contribution < 1.29 is 4.79 Å². The number of aromatic nitrogens is 1. The molecule has 1 aliphatic carbocycles. The van der Waals surface area contributed by atoms with Crippen molar-refractivity contribution in [3.63, 3.8) is 0 Å². The molecule has 1 amide bonds. The van der Waals surface area contributed by atoms with Crippen molar-refractivity contribution in [2.45, 2.75) is 37.8 Å². The highest BCUT2D eigenvalue weighted by molar-refractivity contribution is 6.14. The van der Waals surface area contributed by atoms with Crippen LogP contribution >= 0.6 is 0 Å². The van der Waals surface area contributed by atoms with Gasteiger partial charge in [0.2, 0.25) is 0 Å². The summed E-state index contributed by atoms with van der Waals surface area (Å²) in [4.78, 5) is 16.5. The number of hydrazone groups is 1. The van der Waals surface area contributed by atoms with Gasteiger partial charge in [-0.15, -0.1) is 0 Å². The molecule has 0 spiro atoms. The Labute approximate surface area is 176 Å². The fourth-order valence-corrected chi connectivity index (χ4v) is 3.63. The summed E-state index contributed by atoms with van der Waals surface area (Å²) in [6.45, 7) is 0. The number of likely N-dealkylation sites (N-methyl/N-ethyl adjacent to an activating group) is 1. The van der Waals surface area contributed by atoms with E-state index < -0.39 is 5.91 Å². The van der Waals surface area contributed by atoms with Crippen LogP contribution in [0.5, 0.6) is 0 Å². The van der Waals surface area contributed by atoms with Gasteiger partial charge in [-0.2, -0.15) is 5.10 Å². The van der Waals surface area contributed by atoms with Gasteiger partial charge < -0.3 is 27.1 Å². The van der Waals surface area contributed by atoms with E-state index in [9.17, 15) is 4.79 Å². The summed E-state index contributed by atoms with van der Waals surface area (Å²) in [5.74, 6) is 0.538. The lowest BCUT2D eigenvalue weighted by molar-refractivity contribution is 0.100. The fraction of sp³-hybridized carbons (Fsp3) is 0.333. The first-order chi connectivity index (χ1) is 14.6. The van der Waals surface area contributed by atoms with Crippen molar-refractivity contribution in [2.24, 2.45) is 10.8 Å². The van der Waals surface area contributed by atoms with Crippen LogP contribution in [-0.2, 0) is 0 Å². The van der Waals surface area contributed by atoms with E-state index in [4.69, 9.17) is 11.1 Å². The third-order valence-corrected chi connectivity index (χ3v) is 5.10. The molecule has 3 rings (SSSR count). The number of benzene rings is 1. The molecular weight excluding hydrogens is 380 g/mol. The van der Waals surface area contributed by atoms with Crippen LogP contribution < -0.4 is 27.1 Å². The lowest BCUT2D eigenvalue weighted by Crippen LogP contribution is -2.44. The average molecular weight is 409 g/mol.